The molecule has 28 heavy (non-hydrogen) atoms. The minimum Gasteiger partial charge on any atom is -0.298 e. The highest BCUT2D eigenvalue weighted by atomic mass is 32.1. The fraction of sp³-hybridized carbons (Fsp3) is 0.391. The SMILES string of the molecule is CC1CCN(Cc2csc(NC(=O)c3ccc4c5c(cccc35)CC4)n2)CC1. The third-order valence-corrected chi connectivity index (χ3v) is 6.96. The number of aryl methyl sites for hydroxylation is 2. The van der Waals surface area contributed by atoms with Gasteiger partial charge in [0.1, 0.15) is 0 Å². The van der Waals surface area contributed by atoms with Crippen molar-refractivity contribution in [2.45, 2.75) is 39.2 Å². The second-order valence-electron chi connectivity index (χ2n) is 8.17. The van der Waals surface area contributed by atoms with Gasteiger partial charge in [-0.1, -0.05) is 31.2 Å². The predicted octanol–water partition coefficient (Wildman–Crippen LogP) is 4.88. The van der Waals surface area contributed by atoms with Crippen LogP contribution in [0.25, 0.3) is 10.8 Å². The van der Waals surface area contributed by atoms with Gasteiger partial charge in [0.2, 0.25) is 0 Å². The van der Waals surface area contributed by atoms with Gasteiger partial charge in [0.05, 0.1) is 5.69 Å². The van der Waals surface area contributed by atoms with Crippen molar-refractivity contribution < 1.29 is 4.79 Å². The van der Waals surface area contributed by atoms with Gasteiger partial charge in [-0.15, -0.1) is 11.3 Å². The van der Waals surface area contributed by atoms with E-state index in [4.69, 9.17) is 0 Å². The van der Waals surface area contributed by atoms with E-state index in [-0.39, 0.29) is 5.91 Å². The predicted molar refractivity (Wildman–Crippen MR) is 115 cm³/mol. The number of rotatable bonds is 4. The van der Waals surface area contributed by atoms with Gasteiger partial charge in [-0.2, -0.15) is 0 Å². The molecule has 5 heteroatoms. The highest BCUT2D eigenvalue weighted by Gasteiger charge is 2.20. The third-order valence-electron chi connectivity index (χ3n) is 6.16. The molecule has 1 aromatic heterocycles. The van der Waals surface area contributed by atoms with Gasteiger partial charge in [-0.05, 0) is 72.7 Å². The second-order valence-corrected chi connectivity index (χ2v) is 9.03. The van der Waals surface area contributed by atoms with E-state index in [9.17, 15) is 4.79 Å². The Bertz CT molecular complexity index is 1020. The minimum absolute atomic E-state index is 0.0664. The van der Waals surface area contributed by atoms with E-state index in [0.29, 0.717) is 5.13 Å². The number of piperidine rings is 1. The maximum absolute atomic E-state index is 13.0. The molecule has 2 aromatic carbocycles. The smallest absolute Gasteiger partial charge is 0.258 e. The van der Waals surface area contributed by atoms with Crippen LogP contribution in [0.3, 0.4) is 0 Å². The average molecular weight is 392 g/mol. The van der Waals surface area contributed by atoms with Gasteiger partial charge in [0, 0.05) is 17.5 Å². The normalized spacial score (nSPS) is 17.3. The fourth-order valence-electron chi connectivity index (χ4n) is 4.50. The number of nitrogens with zero attached hydrogens (tertiary/aromatic N) is 2. The van der Waals surface area contributed by atoms with Crippen molar-refractivity contribution in [2.75, 3.05) is 18.4 Å². The molecule has 0 radical (unpaired) electrons. The number of carbonyl (C=O) groups excluding carboxylic acids is 1. The third kappa shape index (κ3) is 3.33. The number of likely N-dealkylation sites (tertiary alicyclic amines) is 1. The van der Waals surface area contributed by atoms with Crippen LogP contribution in [0, 0.1) is 5.92 Å². The maximum atomic E-state index is 13.0. The summed E-state index contributed by atoms with van der Waals surface area (Å²) >= 11 is 1.52. The van der Waals surface area contributed by atoms with Crippen molar-refractivity contribution in [3.8, 4) is 0 Å². The van der Waals surface area contributed by atoms with E-state index in [2.05, 4.69) is 51.8 Å². The molecule has 0 saturated carbocycles. The molecule has 2 aliphatic rings. The Hall–Kier alpha value is -2.24. The molecule has 3 aromatic rings. The van der Waals surface area contributed by atoms with Gasteiger partial charge in [-0.25, -0.2) is 4.98 Å². The summed E-state index contributed by atoms with van der Waals surface area (Å²) < 4.78 is 0. The van der Waals surface area contributed by atoms with Gasteiger partial charge >= 0.3 is 0 Å². The first kappa shape index (κ1) is 17.8. The van der Waals surface area contributed by atoms with Crippen LogP contribution in [0.2, 0.25) is 0 Å². The van der Waals surface area contributed by atoms with Gasteiger partial charge < -0.3 is 0 Å². The van der Waals surface area contributed by atoms with Crippen LogP contribution >= 0.6 is 11.3 Å². The molecular formula is C23H25N3OS. The van der Waals surface area contributed by atoms with Crippen LogP contribution in [-0.4, -0.2) is 28.9 Å². The molecular weight excluding hydrogens is 366 g/mol. The van der Waals surface area contributed by atoms with Crippen molar-refractivity contribution in [1.82, 2.24) is 9.88 Å². The van der Waals surface area contributed by atoms with E-state index in [1.54, 1.807) is 0 Å². The topological polar surface area (TPSA) is 45.2 Å². The zero-order chi connectivity index (χ0) is 19.1. The number of carbonyl (C=O) groups is 1. The standard InChI is InChI=1S/C23H25N3OS/c1-15-9-11-26(12-10-15)13-18-14-28-23(24-18)25-22(27)20-8-7-17-6-5-16-3-2-4-19(20)21(16)17/h2-4,7-8,14-15H,5-6,9-13H2,1H3,(H,24,25,27). The molecule has 5 rings (SSSR count). The number of thiazole rings is 1. The zero-order valence-corrected chi connectivity index (χ0v) is 17.0. The Kier molecular flexibility index (Phi) is 4.65. The molecule has 1 N–H and O–H groups in total. The molecule has 1 saturated heterocycles. The number of benzene rings is 2. The van der Waals surface area contributed by atoms with Gasteiger partial charge in [-0.3, -0.25) is 15.0 Å². The largest absolute Gasteiger partial charge is 0.298 e. The molecule has 4 nitrogen and oxygen atoms in total. The first-order valence-electron chi connectivity index (χ1n) is 10.2. The van der Waals surface area contributed by atoms with Gasteiger partial charge in [0.25, 0.3) is 5.91 Å². The first-order valence-corrected chi connectivity index (χ1v) is 11.1. The number of hydrogen-bond donors (Lipinski definition) is 1. The molecule has 144 valence electrons. The van der Waals surface area contributed by atoms with Crippen molar-refractivity contribution in [3.05, 3.63) is 58.1 Å². The van der Waals surface area contributed by atoms with E-state index in [0.717, 1.165) is 55.0 Å². The van der Waals surface area contributed by atoms with Crippen LogP contribution in [0.1, 0.15) is 46.9 Å². The molecule has 1 fully saturated rings. The van der Waals surface area contributed by atoms with Crippen molar-refractivity contribution in [3.63, 3.8) is 0 Å². The van der Waals surface area contributed by atoms with Crippen LogP contribution < -0.4 is 5.32 Å². The number of amides is 1. The molecule has 0 atom stereocenters. The molecule has 0 unspecified atom stereocenters. The Balaban J connectivity index is 1.32. The van der Waals surface area contributed by atoms with Crippen molar-refractivity contribution in [2.24, 2.45) is 5.92 Å². The van der Waals surface area contributed by atoms with E-state index in [1.165, 1.54) is 40.7 Å². The molecule has 1 aliphatic carbocycles. The lowest BCUT2D eigenvalue weighted by atomic mass is 9.99. The Labute approximate surface area is 169 Å². The number of hydrogen-bond acceptors (Lipinski definition) is 4. The Morgan fingerprint density at radius 3 is 2.79 bits per heavy atom. The zero-order valence-electron chi connectivity index (χ0n) is 16.2. The molecule has 2 heterocycles. The second kappa shape index (κ2) is 7.30. The summed E-state index contributed by atoms with van der Waals surface area (Å²) in [6.45, 7) is 5.48. The van der Waals surface area contributed by atoms with Crippen molar-refractivity contribution >= 4 is 33.1 Å². The van der Waals surface area contributed by atoms with Crippen molar-refractivity contribution in [1.29, 1.82) is 0 Å². The Morgan fingerprint density at radius 2 is 1.96 bits per heavy atom. The summed E-state index contributed by atoms with van der Waals surface area (Å²) in [7, 11) is 0. The number of nitrogens with one attached hydrogen (secondary N) is 1. The lowest BCUT2D eigenvalue weighted by molar-refractivity contribution is 0.102. The summed E-state index contributed by atoms with van der Waals surface area (Å²) in [5, 5.41) is 8.12. The highest BCUT2D eigenvalue weighted by molar-refractivity contribution is 7.14. The van der Waals surface area contributed by atoms with Crippen LogP contribution in [0.4, 0.5) is 5.13 Å². The van der Waals surface area contributed by atoms with Crippen LogP contribution in [-0.2, 0) is 19.4 Å². The lowest BCUT2D eigenvalue weighted by Crippen LogP contribution is -2.32. The lowest BCUT2D eigenvalue weighted by Gasteiger charge is -2.29. The quantitative estimate of drug-likeness (QED) is 0.689. The van der Waals surface area contributed by atoms with E-state index < -0.39 is 0 Å². The summed E-state index contributed by atoms with van der Waals surface area (Å²) in [5.74, 6) is 0.766. The first-order chi connectivity index (χ1) is 13.7. The number of aromatic nitrogens is 1. The maximum Gasteiger partial charge on any atom is 0.258 e. The summed E-state index contributed by atoms with van der Waals surface area (Å²) in [4.78, 5) is 20.1. The van der Waals surface area contributed by atoms with Gasteiger partial charge in [0.15, 0.2) is 5.13 Å². The van der Waals surface area contributed by atoms with Crippen LogP contribution in [0.5, 0.6) is 0 Å². The van der Waals surface area contributed by atoms with E-state index >= 15 is 0 Å². The molecule has 0 bridgehead atoms. The summed E-state index contributed by atoms with van der Waals surface area (Å²) in [6.07, 6.45) is 4.67. The molecule has 1 amide bonds. The monoisotopic (exact) mass is 391 g/mol. The molecule has 1 aliphatic heterocycles. The average Bonchev–Trinajstić information content (AvgIpc) is 3.32. The fourth-order valence-corrected chi connectivity index (χ4v) is 5.19. The summed E-state index contributed by atoms with van der Waals surface area (Å²) in [5.41, 5.74) is 4.50. The van der Waals surface area contributed by atoms with E-state index in [1.807, 2.05) is 6.07 Å². The number of anilines is 1. The summed E-state index contributed by atoms with van der Waals surface area (Å²) in [6, 6.07) is 10.4. The molecule has 0 spiro atoms. The highest BCUT2D eigenvalue weighted by Crippen LogP contribution is 2.33. The van der Waals surface area contributed by atoms with Crippen LogP contribution in [0.15, 0.2) is 35.7 Å². The minimum atomic E-state index is -0.0664. The Morgan fingerprint density at radius 1 is 1.18 bits per heavy atom.